The van der Waals surface area contributed by atoms with Gasteiger partial charge in [-0.2, -0.15) is 0 Å². The van der Waals surface area contributed by atoms with Gasteiger partial charge >= 0.3 is 0 Å². The average Bonchev–Trinajstić information content (AvgIpc) is 3.27. The molecule has 0 unspecified atom stereocenters. The minimum Gasteiger partial charge on any atom is -0.480 e. The van der Waals surface area contributed by atoms with E-state index in [4.69, 9.17) is 9.72 Å². The van der Waals surface area contributed by atoms with E-state index in [1.165, 1.54) is 76.1 Å². The number of aromatic nitrogens is 4. The fourth-order valence-electron chi connectivity index (χ4n) is 8.27. The van der Waals surface area contributed by atoms with Crippen molar-refractivity contribution in [2.75, 3.05) is 7.11 Å². The average molecular weight is 472 g/mol. The first kappa shape index (κ1) is 21.8. The summed E-state index contributed by atoms with van der Waals surface area (Å²) in [7, 11) is 1.63. The van der Waals surface area contributed by atoms with E-state index in [1.807, 2.05) is 6.20 Å². The molecule has 4 fully saturated rings. The summed E-state index contributed by atoms with van der Waals surface area (Å²) in [6.07, 6.45) is 18.9. The van der Waals surface area contributed by atoms with Gasteiger partial charge in [0.25, 0.3) is 0 Å². The number of methoxy groups -OCH3 is 1. The normalized spacial score (nSPS) is 33.1. The van der Waals surface area contributed by atoms with Gasteiger partial charge in [0, 0.05) is 24.2 Å². The first-order valence-corrected chi connectivity index (χ1v) is 13.9. The molecule has 2 aliphatic heterocycles. The lowest BCUT2D eigenvalue weighted by Gasteiger charge is -2.55. The summed E-state index contributed by atoms with van der Waals surface area (Å²) in [6, 6.07) is 11.3. The Balaban J connectivity index is 1.23. The highest BCUT2D eigenvalue weighted by molar-refractivity contribution is 5.80. The number of para-hydroxylation sites is 2. The molecule has 0 spiro atoms. The Kier molecular flexibility index (Phi) is 5.53. The molecule has 3 aromatic rings. The molecule has 1 aromatic carbocycles. The van der Waals surface area contributed by atoms with E-state index in [2.05, 4.69) is 43.7 Å². The third-order valence-corrected chi connectivity index (χ3v) is 9.56. The largest absolute Gasteiger partial charge is 0.480 e. The Morgan fingerprint density at radius 3 is 2.23 bits per heavy atom. The number of hydrogen-bond acceptors (Lipinski definition) is 5. The summed E-state index contributed by atoms with van der Waals surface area (Å²) >= 11 is 0. The van der Waals surface area contributed by atoms with E-state index in [0.717, 1.165) is 34.9 Å². The summed E-state index contributed by atoms with van der Waals surface area (Å²) in [5.74, 6) is 3.47. The van der Waals surface area contributed by atoms with Crippen LogP contribution in [-0.2, 0) is 0 Å². The molecule has 7 rings (SSSR count). The fourth-order valence-corrected chi connectivity index (χ4v) is 8.27. The molecule has 0 amide bonds. The van der Waals surface area contributed by atoms with Crippen LogP contribution in [0.4, 0.5) is 0 Å². The molecule has 35 heavy (non-hydrogen) atoms. The van der Waals surface area contributed by atoms with Crippen LogP contribution in [0, 0.1) is 11.8 Å². The quantitative estimate of drug-likeness (QED) is 0.465. The van der Waals surface area contributed by atoms with Crippen molar-refractivity contribution in [2.45, 2.75) is 94.8 Å². The van der Waals surface area contributed by atoms with Crippen LogP contribution in [-0.4, -0.2) is 49.7 Å². The number of fused-ring (bicyclic) bond motifs is 5. The van der Waals surface area contributed by atoms with Crippen molar-refractivity contribution in [3.05, 3.63) is 36.7 Å². The predicted octanol–water partition coefficient (Wildman–Crippen LogP) is 6.03. The van der Waals surface area contributed by atoms with Crippen LogP contribution in [0.1, 0.15) is 76.7 Å². The highest BCUT2D eigenvalue weighted by Crippen LogP contribution is 2.48. The van der Waals surface area contributed by atoms with E-state index >= 15 is 0 Å². The minimum absolute atomic E-state index is 0.455. The number of benzene rings is 1. The molecule has 4 heterocycles. The van der Waals surface area contributed by atoms with E-state index in [-0.39, 0.29) is 0 Å². The molecule has 2 aliphatic carbocycles. The van der Waals surface area contributed by atoms with Crippen LogP contribution in [0.25, 0.3) is 22.6 Å². The van der Waals surface area contributed by atoms with Crippen LogP contribution in [0.15, 0.2) is 36.7 Å². The molecule has 4 bridgehead atoms. The molecule has 184 valence electrons. The van der Waals surface area contributed by atoms with Gasteiger partial charge < -0.3 is 9.30 Å². The standard InChI is InChI=1S/C29H37N5O/c1-35-28-18-30-26(17-31-28)29-32-25-10-2-3-11-27(25)34(29)24-15-21-8-5-9-22(16-24)33(21)23-13-19-6-4-7-20(12-19)14-23/h2-3,10-11,17-24H,4-9,12-16H2,1H3/t19-,20+,21-,22+,23-,24-. The number of nitrogens with zero attached hydrogens (tertiary/aromatic N) is 5. The van der Waals surface area contributed by atoms with E-state index in [0.29, 0.717) is 24.0 Å². The molecule has 6 heteroatoms. The van der Waals surface area contributed by atoms with Crippen molar-refractivity contribution in [1.29, 1.82) is 0 Å². The predicted molar refractivity (Wildman–Crippen MR) is 137 cm³/mol. The maximum absolute atomic E-state index is 5.25. The Labute approximate surface area is 208 Å². The molecular weight excluding hydrogens is 434 g/mol. The lowest BCUT2D eigenvalue weighted by Crippen LogP contribution is -2.58. The Bertz CT molecular complexity index is 1160. The molecule has 2 saturated carbocycles. The Hall–Kier alpha value is -2.47. The van der Waals surface area contributed by atoms with Gasteiger partial charge in [-0.1, -0.05) is 37.8 Å². The summed E-state index contributed by atoms with van der Waals surface area (Å²) < 4.78 is 7.76. The van der Waals surface area contributed by atoms with E-state index in [9.17, 15) is 0 Å². The maximum Gasteiger partial charge on any atom is 0.232 e. The zero-order chi connectivity index (χ0) is 23.4. The summed E-state index contributed by atoms with van der Waals surface area (Å²) in [6.45, 7) is 0. The van der Waals surface area contributed by atoms with Crippen LogP contribution in [0.5, 0.6) is 5.88 Å². The molecule has 6 atom stereocenters. The van der Waals surface area contributed by atoms with Gasteiger partial charge in [-0.15, -0.1) is 0 Å². The lowest BCUT2D eigenvalue weighted by atomic mass is 9.68. The number of ether oxygens (including phenoxy) is 1. The van der Waals surface area contributed by atoms with Crippen molar-refractivity contribution < 1.29 is 4.74 Å². The smallest absolute Gasteiger partial charge is 0.232 e. The highest BCUT2D eigenvalue weighted by atomic mass is 16.5. The zero-order valence-electron chi connectivity index (χ0n) is 20.9. The van der Waals surface area contributed by atoms with Crippen molar-refractivity contribution in [3.63, 3.8) is 0 Å². The SMILES string of the molecule is COc1cnc(-c2nc3ccccc3n2[C@@H]2C[C@H]3CCC[C@@H](C2)N3[C@@H]2C[C@@H]3CCC[C@@H](C3)C2)cn1. The van der Waals surface area contributed by atoms with Crippen molar-refractivity contribution in [2.24, 2.45) is 11.8 Å². The summed E-state index contributed by atoms with van der Waals surface area (Å²) in [4.78, 5) is 17.2. The van der Waals surface area contributed by atoms with Gasteiger partial charge in [0.2, 0.25) is 5.88 Å². The molecule has 4 aliphatic rings. The van der Waals surface area contributed by atoms with Crippen molar-refractivity contribution in [1.82, 2.24) is 24.4 Å². The third kappa shape index (κ3) is 3.85. The number of piperidine rings is 2. The highest BCUT2D eigenvalue weighted by Gasteiger charge is 2.45. The Morgan fingerprint density at radius 1 is 0.771 bits per heavy atom. The monoisotopic (exact) mass is 471 g/mol. The first-order chi connectivity index (χ1) is 17.3. The summed E-state index contributed by atoms with van der Waals surface area (Å²) in [5.41, 5.74) is 3.10. The number of imidazole rings is 1. The van der Waals surface area contributed by atoms with E-state index in [1.54, 1.807) is 13.3 Å². The second kappa shape index (κ2) is 8.88. The lowest BCUT2D eigenvalue weighted by molar-refractivity contribution is -0.0480. The maximum atomic E-state index is 5.25. The molecule has 0 radical (unpaired) electrons. The van der Waals surface area contributed by atoms with Crippen LogP contribution < -0.4 is 4.74 Å². The second-order valence-electron chi connectivity index (χ2n) is 11.6. The molecule has 6 nitrogen and oxygen atoms in total. The van der Waals surface area contributed by atoms with Gasteiger partial charge in [-0.05, 0) is 68.9 Å². The van der Waals surface area contributed by atoms with Gasteiger partial charge in [-0.25, -0.2) is 15.0 Å². The Morgan fingerprint density at radius 2 is 1.51 bits per heavy atom. The third-order valence-electron chi connectivity index (χ3n) is 9.56. The first-order valence-electron chi connectivity index (χ1n) is 13.9. The number of hydrogen-bond donors (Lipinski definition) is 0. The topological polar surface area (TPSA) is 56.1 Å². The van der Waals surface area contributed by atoms with Crippen molar-refractivity contribution >= 4 is 11.0 Å². The van der Waals surface area contributed by atoms with Gasteiger partial charge in [0.1, 0.15) is 5.69 Å². The summed E-state index contributed by atoms with van der Waals surface area (Å²) in [5, 5.41) is 0. The molecular formula is C29H37N5O. The number of rotatable bonds is 4. The molecule has 2 saturated heterocycles. The molecule has 0 N–H and O–H groups in total. The second-order valence-corrected chi connectivity index (χ2v) is 11.6. The molecule has 2 aromatic heterocycles. The van der Waals surface area contributed by atoms with Crippen LogP contribution in [0.2, 0.25) is 0 Å². The van der Waals surface area contributed by atoms with Gasteiger partial charge in [0.05, 0.1) is 30.5 Å². The fraction of sp³-hybridized carbons (Fsp3) is 0.621. The van der Waals surface area contributed by atoms with Crippen LogP contribution in [0.3, 0.4) is 0 Å². The van der Waals surface area contributed by atoms with E-state index < -0.39 is 0 Å². The van der Waals surface area contributed by atoms with Gasteiger partial charge in [0.15, 0.2) is 5.82 Å². The van der Waals surface area contributed by atoms with Gasteiger partial charge in [-0.3, -0.25) is 4.90 Å². The zero-order valence-corrected chi connectivity index (χ0v) is 20.9. The van der Waals surface area contributed by atoms with Crippen LogP contribution >= 0.6 is 0 Å². The minimum atomic E-state index is 0.455. The van der Waals surface area contributed by atoms with Crippen molar-refractivity contribution in [3.8, 4) is 17.4 Å².